The largest absolute Gasteiger partial charge is 0.353 e. The van der Waals surface area contributed by atoms with Gasteiger partial charge in [0.05, 0.1) is 6.54 Å². The fraction of sp³-hybridized carbons (Fsp3) is 0.917. The van der Waals surface area contributed by atoms with E-state index in [2.05, 4.69) is 36.3 Å². The first-order chi connectivity index (χ1) is 7.61. The summed E-state index contributed by atoms with van der Waals surface area (Å²) < 4.78 is 0. The van der Waals surface area contributed by atoms with Crippen LogP contribution in [0.2, 0.25) is 0 Å². The van der Waals surface area contributed by atoms with Gasteiger partial charge in [-0.3, -0.25) is 9.69 Å². The van der Waals surface area contributed by atoms with Gasteiger partial charge in [-0.25, -0.2) is 0 Å². The number of nitrogens with one attached hydrogen (secondary N) is 2. The quantitative estimate of drug-likeness (QED) is 0.722. The average Bonchev–Trinajstić information content (AvgIpc) is 2.17. The molecule has 94 valence electrons. The summed E-state index contributed by atoms with van der Waals surface area (Å²) in [7, 11) is 0. The number of rotatable bonds is 5. The zero-order valence-electron chi connectivity index (χ0n) is 10.8. The molecular formula is C12H25N3O. The highest BCUT2D eigenvalue weighted by Crippen LogP contribution is 1.99. The molecule has 0 radical (unpaired) electrons. The minimum absolute atomic E-state index is 0.162. The maximum absolute atomic E-state index is 11.7. The summed E-state index contributed by atoms with van der Waals surface area (Å²) in [6.45, 7) is 9.83. The lowest BCUT2D eigenvalue weighted by Crippen LogP contribution is -2.52. The Labute approximate surface area is 98.8 Å². The Morgan fingerprint density at radius 3 is 3.00 bits per heavy atom. The molecule has 1 heterocycles. The first kappa shape index (κ1) is 13.5. The molecule has 0 aromatic rings. The van der Waals surface area contributed by atoms with Crippen molar-refractivity contribution in [1.29, 1.82) is 0 Å². The molecule has 2 atom stereocenters. The molecule has 1 fully saturated rings. The van der Waals surface area contributed by atoms with Crippen molar-refractivity contribution in [2.45, 2.75) is 45.7 Å². The zero-order chi connectivity index (χ0) is 12.0. The standard InChI is InChI=1S/C12H25N3O/c1-4-5-10(2)14-12(16)9-15-7-6-13-11(3)8-15/h10-11,13H,4-9H2,1-3H3,(H,14,16). The third kappa shape index (κ3) is 4.94. The van der Waals surface area contributed by atoms with E-state index in [1.54, 1.807) is 0 Å². The fourth-order valence-corrected chi connectivity index (χ4v) is 2.18. The number of amides is 1. The summed E-state index contributed by atoms with van der Waals surface area (Å²) in [4.78, 5) is 13.9. The zero-order valence-corrected chi connectivity index (χ0v) is 10.8. The van der Waals surface area contributed by atoms with Crippen LogP contribution in [0.4, 0.5) is 0 Å². The van der Waals surface area contributed by atoms with Crippen LogP contribution in [0.1, 0.15) is 33.6 Å². The van der Waals surface area contributed by atoms with Crippen LogP contribution in [-0.2, 0) is 4.79 Å². The highest BCUT2D eigenvalue weighted by atomic mass is 16.2. The average molecular weight is 227 g/mol. The van der Waals surface area contributed by atoms with Gasteiger partial charge < -0.3 is 10.6 Å². The number of piperazine rings is 1. The van der Waals surface area contributed by atoms with Gasteiger partial charge in [-0.15, -0.1) is 0 Å². The van der Waals surface area contributed by atoms with Gasteiger partial charge in [0.25, 0.3) is 0 Å². The lowest BCUT2D eigenvalue weighted by molar-refractivity contribution is -0.123. The van der Waals surface area contributed by atoms with E-state index in [9.17, 15) is 4.79 Å². The lowest BCUT2D eigenvalue weighted by Gasteiger charge is -2.31. The van der Waals surface area contributed by atoms with Crippen molar-refractivity contribution in [3.05, 3.63) is 0 Å². The molecule has 0 bridgehead atoms. The Kier molecular flexibility index (Phi) is 5.77. The van der Waals surface area contributed by atoms with Gasteiger partial charge in [-0.1, -0.05) is 13.3 Å². The van der Waals surface area contributed by atoms with E-state index in [0.29, 0.717) is 18.6 Å². The number of hydrogen-bond acceptors (Lipinski definition) is 3. The molecule has 1 aliphatic rings. The Morgan fingerprint density at radius 2 is 2.38 bits per heavy atom. The summed E-state index contributed by atoms with van der Waals surface area (Å²) in [5.41, 5.74) is 0. The first-order valence-electron chi connectivity index (χ1n) is 6.37. The molecule has 0 saturated carbocycles. The number of hydrogen-bond donors (Lipinski definition) is 2. The highest BCUT2D eigenvalue weighted by Gasteiger charge is 2.18. The maximum Gasteiger partial charge on any atom is 0.234 e. The Hall–Kier alpha value is -0.610. The van der Waals surface area contributed by atoms with E-state index in [1.807, 2.05) is 0 Å². The molecule has 0 aliphatic carbocycles. The van der Waals surface area contributed by atoms with Crippen LogP contribution in [0.3, 0.4) is 0 Å². The van der Waals surface area contributed by atoms with Crippen molar-refractivity contribution in [3.8, 4) is 0 Å². The SMILES string of the molecule is CCCC(C)NC(=O)CN1CCNC(C)C1. The molecule has 0 spiro atoms. The maximum atomic E-state index is 11.7. The highest BCUT2D eigenvalue weighted by molar-refractivity contribution is 5.78. The van der Waals surface area contributed by atoms with Crippen LogP contribution in [0, 0.1) is 0 Å². The summed E-state index contributed by atoms with van der Waals surface area (Å²) in [5, 5.41) is 6.41. The van der Waals surface area contributed by atoms with E-state index in [0.717, 1.165) is 32.5 Å². The normalized spacial score (nSPS) is 24.1. The Balaban J connectivity index is 2.22. The van der Waals surface area contributed by atoms with Gasteiger partial charge in [0.1, 0.15) is 0 Å². The minimum Gasteiger partial charge on any atom is -0.353 e. The van der Waals surface area contributed by atoms with E-state index in [-0.39, 0.29) is 5.91 Å². The number of carbonyl (C=O) groups is 1. The van der Waals surface area contributed by atoms with Gasteiger partial charge >= 0.3 is 0 Å². The van der Waals surface area contributed by atoms with Crippen LogP contribution in [-0.4, -0.2) is 49.1 Å². The van der Waals surface area contributed by atoms with Gasteiger partial charge in [0.15, 0.2) is 0 Å². The van der Waals surface area contributed by atoms with Crippen LogP contribution < -0.4 is 10.6 Å². The predicted molar refractivity (Wildman–Crippen MR) is 66.4 cm³/mol. The van der Waals surface area contributed by atoms with E-state index >= 15 is 0 Å². The number of nitrogens with zero attached hydrogens (tertiary/aromatic N) is 1. The van der Waals surface area contributed by atoms with Crippen LogP contribution >= 0.6 is 0 Å². The second-order valence-corrected chi connectivity index (χ2v) is 4.85. The lowest BCUT2D eigenvalue weighted by atomic mass is 10.2. The van der Waals surface area contributed by atoms with Crippen LogP contribution in [0.25, 0.3) is 0 Å². The van der Waals surface area contributed by atoms with Crippen LogP contribution in [0.5, 0.6) is 0 Å². The van der Waals surface area contributed by atoms with Gasteiger partial charge in [-0.05, 0) is 20.3 Å². The van der Waals surface area contributed by atoms with Gasteiger partial charge in [0.2, 0.25) is 5.91 Å². The van der Waals surface area contributed by atoms with Crippen molar-refractivity contribution >= 4 is 5.91 Å². The Morgan fingerprint density at radius 1 is 1.62 bits per heavy atom. The smallest absolute Gasteiger partial charge is 0.234 e. The first-order valence-corrected chi connectivity index (χ1v) is 6.37. The van der Waals surface area contributed by atoms with Gasteiger partial charge in [0, 0.05) is 31.7 Å². The molecule has 1 amide bonds. The van der Waals surface area contributed by atoms with Crippen molar-refractivity contribution in [2.24, 2.45) is 0 Å². The van der Waals surface area contributed by atoms with Crippen LogP contribution in [0.15, 0.2) is 0 Å². The monoisotopic (exact) mass is 227 g/mol. The predicted octanol–water partition coefficient (Wildman–Crippen LogP) is 0.585. The Bertz CT molecular complexity index is 220. The summed E-state index contributed by atoms with van der Waals surface area (Å²) in [6, 6.07) is 0.799. The molecule has 2 unspecified atom stereocenters. The van der Waals surface area contributed by atoms with E-state index < -0.39 is 0 Å². The molecule has 2 N–H and O–H groups in total. The molecule has 4 nitrogen and oxygen atoms in total. The topological polar surface area (TPSA) is 44.4 Å². The second-order valence-electron chi connectivity index (χ2n) is 4.85. The van der Waals surface area contributed by atoms with Crippen molar-refractivity contribution in [2.75, 3.05) is 26.2 Å². The van der Waals surface area contributed by atoms with Gasteiger partial charge in [-0.2, -0.15) is 0 Å². The molecule has 1 aliphatic heterocycles. The van der Waals surface area contributed by atoms with Crippen molar-refractivity contribution < 1.29 is 4.79 Å². The molecule has 0 aromatic carbocycles. The molecule has 0 aromatic heterocycles. The summed E-state index contributed by atoms with van der Waals surface area (Å²) >= 11 is 0. The van der Waals surface area contributed by atoms with Crippen molar-refractivity contribution in [1.82, 2.24) is 15.5 Å². The molecule has 4 heteroatoms. The van der Waals surface area contributed by atoms with E-state index in [4.69, 9.17) is 0 Å². The molecule has 1 saturated heterocycles. The third-order valence-corrected chi connectivity index (χ3v) is 2.95. The summed E-state index contributed by atoms with van der Waals surface area (Å²) in [6.07, 6.45) is 2.18. The molecule has 16 heavy (non-hydrogen) atoms. The fourth-order valence-electron chi connectivity index (χ4n) is 2.18. The summed E-state index contributed by atoms with van der Waals surface area (Å²) in [5.74, 6) is 0.162. The third-order valence-electron chi connectivity index (χ3n) is 2.95. The molecular weight excluding hydrogens is 202 g/mol. The second kappa shape index (κ2) is 6.86. The molecule has 1 rings (SSSR count). The minimum atomic E-state index is 0.162. The van der Waals surface area contributed by atoms with E-state index in [1.165, 1.54) is 0 Å². The van der Waals surface area contributed by atoms with Crippen molar-refractivity contribution in [3.63, 3.8) is 0 Å². The number of carbonyl (C=O) groups excluding carboxylic acids is 1.